The van der Waals surface area contributed by atoms with Crippen LogP contribution in [0.4, 0.5) is 0 Å². The second kappa shape index (κ2) is 6.34. The summed E-state index contributed by atoms with van der Waals surface area (Å²) in [5.74, 6) is -0.190. The van der Waals surface area contributed by atoms with Crippen molar-refractivity contribution in [1.82, 2.24) is 19.6 Å². The Bertz CT molecular complexity index is 710. The SMILES string of the molecule is CCN1C(=O)C[C@H](N(C)Cc2cnn(-c3ccccc3)c2)C1=O. The third-order valence-corrected chi connectivity index (χ3v) is 4.16. The van der Waals surface area contributed by atoms with Crippen molar-refractivity contribution >= 4 is 11.8 Å². The van der Waals surface area contributed by atoms with Crippen molar-refractivity contribution in [2.24, 2.45) is 0 Å². The van der Waals surface area contributed by atoms with Crippen LogP contribution in [0.5, 0.6) is 0 Å². The first-order valence-corrected chi connectivity index (χ1v) is 7.73. The van der Waals surface area contributed by atoms with Crippen LogP contribution in [0.1, 0.15) is 18.9 Å². The molecule has 0 unspecified atom stereocenters. The van der Waals surface area contributed by atoms with Gasteiger partial charge in [-0.05, 0) is 26.1 Å². The number of hydrogen-bond donors (Lipinski definition) is 0. The highest BCUT2D eigenvalue weighted by molar-refractivity contribution is 6.05. The molecule has 1 aromatic carbocycles. The van der Waals surface area contributed by atoms with Gasteiger partial charge in [0.05, 0.1) is 24.3 Å². The Balaban J connectivity index is 1.69. The van der Waals surface area contributed by atoms with Gasteiger partial charge in [0.1, 0.15) is 0 Å². The molecule has 1 atom stereocenters. The van der Waals surface area contributed by atoms with Gasteiger partial charge in [-0.1, -0.05) is 18.2 Å². The Kier molecular flexibility index (Phi) is 4.25. The van der Waals surface area contributed by atoms with Crippen LogP contribution >= 0.6 is 0 Å². The summed E-state index contributed by atoms with van der Waals surface area (Å²) in [6, 6.07) is 9.49. The molecule has 1 aromatic heterocycles. The molecule has 6 nitrogen and oxygen atoms in total. The molecule has 0 aliphatic carbocycles. The van der Waals surface area contributed by atoms with Gasteiger partial charge in [0.25, 0.3) is 0 Å². The number of para-hydroxylation sites is 1. The molecule has 23 heavy (non-hydrogen) atoms. The van der Waals surface area contributed by atoms with Crippen LogP contribution in [0.15, 0.2) is 42.7 Å². The van der Waals surface area contributed by atoms with Crippen LogP contribution in [0, 0.1) is 0 Å². The van der Waals surface area contributed by atoms with Gasteiger partial charge < -0.3 is 0 Å². The fourth-order valence-electron chi connectivity index (χ4n) is 2.90. The highest BCUT2D eigenvalue weighted by atomic mass is 16.2. The normalized spacial score (nSPS) is 18.2. The lowest BCUT2D eigenvalue weighted by Gasteiger charge is -2.21. The topological polar surface area (TPSA) is 58.4 Å². The van der Waals surface area contributed by atoms with Gasteiger partial charge in [0, 0.05) is 24.8 Å². The highest BCUT2D eigenvalue weighted by Crippen LogP contribution is 2.19. The number of carbonyl (C=O) groups is 2. The van der Waals surface area contributed by atoms with Gasteiger partial charge in [-0.2, -0.15) is 5.10 Å². The second-order valence-corrected chi connectivity index (χ2v) is 5.74. The molecule has 0 radical (unpaired) electrons. The number of likely N-dealkylation sites (tertiary alicyclic amines) is 1. The lowest BCUT2D eigenvalue weighted by Crippen LogP contribution is -2.39. The minimum atomic E-state index is -0.373. The first-order chi connectivity index (χ1) is 11.1. The maximum atomic E-state index is 12.2. The van der Waals surface area contributed by atoms with Crippen molar-refractivity contribution in [3.05, 3.63) is 48.3 Å². The first-order valence-electron chi connectivity index (χ1n) is 7.73. The number of rotatable bonds is 5. The van der Waals surface area contributed by atoms with Crippen molar-refractivity contribution in [3.63, 3.8) is 0 Å². The van der Waals surface area contributed by atoms with Crippen molar-refractivity contribution in [2.45, 2.75) is 25.9 Å². The fraction of sp³-hybridized carbons (Fsp3) is 0.353. The number of nitrogens with zero attached hydrogens (tertiary/aromatic N) is 4. The summed E-state index contributed by atoms with van der Waals surface area (Å²) < 4.78 is 1.81. The predicted octanol–water partition coefficient (Wildman–Crippen LogP) is 1.45. The van der Waals surface area contributed by atoms with Crippen LogP contribution in [0.25, 0.3) is 5.69 Å². The van der Waals surface area contributed by atoms with Gasteiger partial charge in [-0.3, -0.25) is 19.4 Å². The molecule has 0 saturated carbocycles. The summed E-state index contributed by atoms with van der Waals surface area (Å²) in [4.78, 5) is 27.3. The maximum absolute atomic E-state index is 12.2. The molecule has 1 aliphatic heterocycles. The minimum absolute atomic E-state index is 0.0886. The largest absolute Gasteiger partial charge is 0.290 e. The van der Waals surface area contributed by atoms with E-state index in [2.05, 4.69) is 5.10 Å². The standard InChI is InChI=1S/C17H20N4O2/c1-3-20-16(22)9-15(17(20)23)19(2)11-13-10-18-21(12-13)14-7-5-4-6-8-14/h4-8,10,12,15H,3,9,11H2,1-2H3/t15-/m0/s1. The predicted molar refractivity (Wildman–Crippen MR) is 85.8 cm³/mol. The Morgan fingerprint density at radius 3 is 2.65 bits per heavy atom. The molecule has 1 fully saturated rings. The van der Waals surface area contributed by atoms with Gasteiger partial charge >= 0.3 is 0 Å². The van der Waals surface area contributed by atoms with Crippen LogP contribution in [0.3, 0.4) is 0 Å². The Labute approximate surface area is 135 Å². The molecular weight excluding hydrogens is 292 g/mol. The summed E-state index contributed by atoms with van der Waals surface area (Å²) in [5, 5.41) is 4.36. The van der Waals surface area contributed by atoms with Crippen LogP contribution in [0.2, 0.25) is 0 Å². The molecule has 3 rings (SSSR count). The molecule has 120 valence electrons. The highest BCUT2D eigenvalue weighted by Gasteiger charge is 2.39. The van der Waals surface area contributed by atoms with Crippen molar-refractivity contribution in [3.8, 4) is 5.69 Å². The van der Waals surface area contributed by atoms with E-state index < -0.39 is 0 Å². The average molecular weight is 312 g/mol. The van der Waals surface area contributed by atoms with E-state index in [0.717, 1.165) is 11.3 Å². The zero-order valence-electron chi connectivity index (χ0n) is 13.3. The molecule has 0 bridgehead atoms. The van der Waals surface area contributed by atoms with E-state index in [1.807, 2.05) is 60.1 Å². The van der Waals surface area contributed by atoms with Gasteiger partial charge in [-0.25, -0.2) is 4.68 Å². The molecule has 0 spiro atoms. The number of benzene rings is 1. The third-order valence-electron chi connectivity index (χ3n) is 4.16. The van der Waals surface area contributed by atoms with Crippen LogP contribution < -0.4 is 0 Å². The number of imide groups is 1. The van der Waals surface area contributed by atoms with Gasteiger partial charge in [0.2, 0.25) is 11.8 Å². The van der Waals surface area contributed by atoms with Crippen molar-refractivity contribution < 1.29 is 9.59 Å². The Morgan fingerprint density at radius 2 is 2.00 bits per heavy atom. The molecule has 2 aromatic rings. The smallest absolute Gasteiger partial charge is 0.247 e. The quantitative estimate of drug-likeness (QED) is 0.784. The fourth-order valence-corrected chi connectivity index (χ4v) is 2.90. The molecule has 2 heterocycles. The van der Waals surface area contributed by atoms with Crippen molar-refractivity contribution in [1.29, 1.82) is 0 Å². The lowest BCUT2D eigenvalue weighted by atomic mass is 10.2. The summed E-state index contributed by atoms with van der Waals surface area (Å²) >= 11 is 0. The van der Waals surface area contributed by atoms with Crippen molar-refractivity contribution in [2.75, 3.05) is 13.6 Å². The van der Waals surface area contributed by atoms with E-state index in [-0.39, 0.29) is 24.3 Å². The third kappa shape index (κ3) is 3.03. The lowest BCUT2D eigenvalue weighted by molar-refractivity contribution is -0.139. The van der Waals surface area contributed by atoms with Crippen LogP contribution in [-0.2, 0) is 16.1 Å². The van der Waals surface area contributed by atoms with E-state index in [9.17, 15) is 9.59 Å². The minimum Gasteiger partial charge on any atom is -0.290 e. The summed E-state index contributed by atoms with van der Waals surface area (Å²) in [6.45, 7) is 2.84. The van der Waals surface area contributed by atoms with E-state index in [4.69, 9.17) is 0 Å². The number of carbonyl (C=O) groups excluding carboxylic acids is 2. The van der Waals surface area contributed by atoms with E-state index >= 15 is 0 Å². The molecule has 6 heteroatoms. The maximum Gasteiger partial charge on any atom is 0.247 e. The second-order valence-electron chi connectivity index (χ2n) is 5.74. The van der Waals surface area contributed by atoms with E-state index in [1.165, 1.54) is 4.90 Å². The Morgan fingerprint density at radius 1 is 1.26 bits per heavy atom. The van der Waals surface area contributed by atoms with E-state index in [1.54, 1.807) is 6.20 Å². The summed E-state index contributed by atoms with van der Waals surface area (Å²) in [7, 11) is 1.87. The number of likely N-dealkylation sites (N-methyl/N-ethyl adjacent to an activating group) is 2. The number of hydrogen-bond acceptors (Lipinski definition) is 4. The number of amides is 2. The zero-order valence-corrected chi connectivity index (χ0v) is 13.3. The average Bonchev–Trinajstić information content (AvgIpc) is 3.13. The first kappa shape index (κ1) is 15.4. The summed E-state index contributed by atoms with van der Waals surface area (Å²) in [5.41, 5.74) is 2.00. The molecule has 2 amide bonds. The van der Waals surface area contributed by atoms with Crippen LogP contribution in [-0.4, -0.2) is 51.0 Å². The Hall–Kier alpha value is -2.47. The zero-order chi connectivity index (χ0) is 16.4. The molecular formula is C17H20N4O2. The number of aromatic nitrogens is 2. The van der Waals surface area contributed by atoms with Gasteiger partial charge in [0.15, 0.2) is 0 Å². The molecule has 1 saturated heterocycles. The molecule has 1 aliphatic rings. The summed E-state index contributed by atoms with van der Waals surface area (Å²) in [6.07, 6.45) is 4.00. The van der Waals surface area contributed by atoms with E-state index in [0.29, 0.717) is 13.1 Å². The monoisotopic (exact) mass is 312 g/mol. The molecule has 0 N–H and O–H groups in total. The van der Waals surface area contributed by atoms with Gasteiger partial charge in [-0.15, -0.1) is 0 Å².